The van der Waals surface area contributed by atoms with Crippen LogP contribution in [0.3, 0.4) is 0 Å². The largest absolute Gasteiger partial charge is 0.496 e. The van der Waals surface area contributed by atoms with Crippen molar-refractivity contribution in [2.24, 2.45) is 0 Å². The fraction of sp³-hybridized carbons (Fsp3) is 0.250. The van der Waals surface area contributed by atoms with Crippen molar-refractivity contribution in [3.63, 3.8) is 0 Å². The molecule has 4 nitrogen and oxygen atoms in total. The summed E-state index contributed by atoms with van der Waals surface area (Å²) in [5, 5.41) is 11.3. The van der Waals surface area contributed by atoms with Crippen LogP contribution in [0.15, 0.2) is 78.9 Å². The van der Waals surface area contributed by atoms with Gasteiger partial charge >= 0.3 is 0 Å². The van der Waals surface area contributed by atoms with Gasteiger partial charge in [-0.1, -0.05) is 60.1 Å². The third-order valence-corrected chi connectivity index (χ3v) is 4.81. The number of aliphatic hydroxyl groups is 1. The van der Waals surface area contributed by atoms with Crippen LogP contribution in [-0.4, -0.2) is 36.4 Å². The lowest BCUT2D eigenvalue weighted by Gasteiger charge is -2.26. The molecule has 3 rings (SSSR count). The van der Waals surface area contributed by atoms with Gasteiger partial charge in [0.05, 0.1) is 7.11 Å². The molecule has 0 spiro atoms. The summed E-state index contributed by atoms with van der Waals surface area (Å²) in [5.74, 6) is 1.53. The van der Waals surface area contributed by atoms with Gasteiger partial charge in [0.25, 0.3) is 0 Å². The molecule has 152 valence electrons. The summed E-state index contributed by atoms with van der Waals surface area (Å²) in [6.07, 6.45) is -0.635. The van der Waals surface area contributed by atoms with Gasteiger partial charge in [0.15, 0.2) is 0 Å². The Morgan fingerprint density at radius 2 is 1.59 bits per heavy atom. The van der Waals surface area contributed by atoms with E-state index in [9.17, 15) is 5.11 Å². The van der Waals surface area contributed by atoms with Gasteiger partial charge in [-0.2, -0.15) is 0 Å². The summed E-state index contributed by atoms with van der Waals surface area (Å²) < 4.78 is 11.2. The Labute approximate surface area is 177 Å². The van der Waals surface area contributed by atoms with Gasteiger partial charge in [0.2, 0.25) is 0 Å². The van der Waals surface area contributed by atoms with Crippen LogP contribution in [0.25, 0.3) is 0 Å². The highest BCUT2D eigenvalue weighted by Gasteiger charge is 2.15. The van der Waals surface area contributed by atoms with Crippen LogP contribution >= 0.6 is 11.6 Å². The van der Waals surface area contributed by atoms with E-state index in [-0.39, 0.29) is 6.61 Å². The number of benzene rings is 3. The van der Waals surface area contributed by atoms with E-state index in [2.05, 4.69) is 17.0 Å². The fourth-order valence-electron chi connectivity index (χ4n) is 3.18. The van der Waals surface area contributed by atoms with Crippen LogP contribution in [-0.2, 0) is 13.1 Å². The van der Waals surface area contributed by atoms with Crippen LogP contribution in [0.2, 0.25) is 5.02 Å². The van der Waals surface area contributed by atoms with E-state index in [0.717, 1.165) is 17.9 Å². The van der Waals surface area contributed by atoms with Crippen LogP contribution in [0.5, 0.6) is 11.5 Å². The molecule has 1 atom stereocenters. The zero-order chi connectivity index (χ0) is 20.5. The first-order chi connectivity index (χ1) is 14.1. The Kier molecular flexibility index (Phi) is 7.94. The molecule has 0 amide bonds. The summed E-state index contributed by atoms with van der Waals surface area (Å²) in [6, 6.07) is 25.3. The number of rotatable bonds is 10. The number of ether oxygens (including phenoxy) is 2. The van der Waals surface area contributed by atoms with Gasteiger partial charge < -0.3 is 14.6 Å². The minimum atomic E-state index is -0.635. The topological polar surface area (TPSA) is 41.9 Å². The molecule has 0 saturated carbocycles. The quantitative estimate of drug-likeness (QED) is 0.520. The Morgan fingerprint density at radius 1 is 0.897 bits per heavy atom. The molecule has 1 N–H and O–H groups in total. The highest BCUT2D eigenvalue weighted by atomic mass is 35.5. The van der Waals surface area contributed by atoms with Crippen LogP contribution in [0.1, 0.15) is 11.1 Å². The van der Waals surface area contributed by atoms with Gasteiger partial charge in [-0.25, -0.2) is 0 Å². The van der Waals surface area contributed by atoms with Gasteiger partial charge in [-0.3, -0.25) is 4.90 Å². The Balaban J connectivity index is 1.65. The van der Waals surface area contributed by atoms with E-state index in [1.165, 1.54) is 5.56 Å². The van der Waals surface area contributed by atoms with Gasteiger partial charge in [-0.15, -0.1) is 0 Å². The first-order valence-electron chi connectivity index (χ1n) is 9.58. The number of hydrogen-bond acceptors (Lipinski definition) is 4. The molecule has 0 heterocycles. The maximum atomic E-state index is 10.6. The molecule has 0 unspecified atom stereocenters. The molecule has 0 aromatic heterocycles. The van der Waals surface area contributed by atoms with Crippen molar-refractivity contribution in [3.05, 3.63) is 95.0 Å². The van der Waals surface area contributed by atoms with E-state index < -0.39 is 6.10 Å². The number of para-hydroxylation sites is 1. The number of halogens is 1. The fourth-order valence-corrected chi connectivity index (χ4v) is 3.30. The Morgan fingerprint density at radius 3 is 2.31 bits per heavy atom. The predicted octanol–water partition coefficient (Wildman–Crippen LogP) is 4.79. The molecule has 0 saturated heterocycles. The minimum absolute atomic E-state index is 0.207. The highest BCUT2D eigenvalue weighted by Crippen LogP contribution is 2.21. The smallest absolute Gasteiger partial charge is 0.123 e. The van der Waals surface area contributed by atoms with Crippen LogP contribution < -0.4 is 9.47 Å². The van der Waals surface area contributed by atoms with Gasteiger partial charge in [0, 0.05) is 30.2 Å². The molecule has 0 bridgehead atoms. The van der Waals surface area contributed by atoms with Crippen molar-refractivity contribution in [1.29, 1.82) is 0 Å². The second kappa shape index (κ2) is 10.9. The number of aliphatic hydroxyl groups excluding tert-OH is 1. The second-order valence-corrected chi connectivity index (χ2v) is 7.32. The average molecular weight is 412 g/mol. The van der Waals surface area contributed by atoms with E-state index >= 15 is 0 Å². The molecular formula is C24H26ClNO3. The molecular weight excluding hydrogens is 386 g/mol. The number of methoxy groups -OCH3 is 1. The van der Waals surface area contributed by atoms with Crippen molar-refractivity contribution in [2.45, 2.75) is 19.2 Å². The third-order valence-electron chi connectivity index (χ3n) is 4.56. The van der Waals surface area contributed by atoms with E-state index in [1.54, 1.807) is 31.4 Å². The predicted molar refractivity (Wildman–Crippen MR) is 117 cm³/mol. The van der Waals surface area contributed by atoms with Gasteiger partial charge in [-0.05, 0) is 35.9 Å². The lowest BCUT2D eigenvalue weighted by molar-refractivity contribution is 0.0626. The average Bonchev–Trinajstić information content (AvgIpc) is 2.74. The van der Waals surface area contributed by atoms with Crippen molar-refractivity contribution in [3.8, 4) is 11.5 Å². The molecule has 0 aliphatic carbocycles. The molecule has 3 aromatic rings. The summed E-state index contributed by atoms with van der Waals surface area (Å²) >= 11 is 5.90. The minimum Gasteiger partial charge on any atom is -0.496 e. The summed E-state index contributed by atoms with van der Waals surface area (Å²) in [4.78, 5) is 2.20. The standard InChI is InChI=1S/C24H26ClNO3/c1-28-24-10-6-5-9-20(24)16-26(15-19-7-3-2-4-8-19)17-22(27)18-29-23-13-11-21(25)12-14-23/h2-14,22,27H,15-18H2,1H3/t22-/m0/s1. The molecule has 0 aliphatic heterocycles. The Hall–Kier alpha value is -2.53. The first-order valence-corrected chi connectivity index (χ1v) is 9.96. The molecule has 0 fully saturated rings. The Bertz CT molecular complexity index is 871. The summed E-state index contributed by atoms with van der Waals surface area (Å²) in [5.41, 5.74) is 2.27. The molecule has 29 heavy (non-hydrogen) atoms. The second-order valence-electron chi connectivity index (χ2n) is 6.89. The van der Waals surface area contributed by atoms with Crippen LogP contribution in [0, 0.1) is 0 Å². The number of hydrogen-bond donors (Lipinski definition) is 1. The van der Waals surface area contributed by atoms with Crippen molar-refractivity contribution in [1.82, 2.24) is 4.90 Å². The normalized spacial score (nSPS) is 12.0. The summed E-state index contributed by atoms with van der Waals surface area (Å²) in [7, 11) is 1.68. The molecule has 0 aliphatic rings. The SMILES string of the molecule is COc1ccccc1CN(Cc1ccccc1)C[C@H](O)COc1ccc(Cl)cc1. The van der Waals surface area contributed by atoms with E-state index in [0.29, 0.717) is 23.9 Å². The monoisotopic (exact) mass is 411 g/mol. The third kappa shape index (κ3) is 6.79. The van der Waals surface area contributed by atoms with Crippen molar-refractivity contribution >= 4 is 11.6 Å². The van der Waals surface area contributed by atoms with Crippen LogP contribution in [0.4, 0.5) is 0 Å². The zero-order valence-electron chi connectivity index (χ0n) is 16.5. The molecule has 3 aromatic carbocycles. The van der Waals surface area contributed by atoms with Crippen molar-refractivity contribution < 1.29 is 14.6 Å². The van der Waals surface area contributed by atoms with Gasteiger partial charge in [0.1, 0.15) is 24.2 Å². The van der Waals surface area contributed by atoms with Crippen molar-refractivity contribution in [2.75, 3.05) is 20.3 Å². The maximum absolute atomic E-state index is 10.6. The first kappa shape index (κ1) is 21.2. The van der Waals surface area contributed by atoms with E-state index in [1.807, 2.05) is 42.5 Å². The number of nitrogens with zero attached hydrogens (tertiary/aromatic N) is 1. The maximum Gasteiger partial charge on any atom is 0.123 e. The lowest BCUT2D eigenvalue weighted by atomic mass is 10.1. The van der Waals surface area contributed by atoms with E-state index in [4.69, 9.17) is 21.1 Å². The lowest BCUT2D eigenvalue weighted by Crippen LogP contribution is -2.35. The highest BCUT2D eigenvalue weighted by molar-refractivity contribution is 6.30. The zero-order valence-corrected chi connectivity index (χ0v) is 17.3. The molecule has 5 heteroatoms. The summed E-state index contributed by atoms with van der Waals surface area (Å²) in [6.45, 7) is 2.06. The molecule has 0 radical (unpaired) electrons.